The van der Waals surface area contributed by atoms with Crippen molar-refractivity contribution in [3.63, 3.8) is 0 Å². The number of fused-ring (bicyclic) bond motifs is 1. The van der Waals surface area contributed by atoms with Crippen LogP contribution in [0.5, 0.6) is 0 Å². The Hall–Kier alpha value is -3.24. The van der Waals surface area contributed by atoms with Gasteiger partial charge in [-0.2, -0.15) is 9.97 Å². The van der Waals surface area contributed by atoms with Gasteiger partial charge >= 0.3 is 0 Å². The first-order chi connectivity index (χ1) is 19.9. The molecule has 10 heteroatoms. The second-order valence-corrected chi connectivity index (χ2v) is 12.0. The van der Waals surface area contributed by atoms with Crippen LogP contribution in [-0.4, -0.2) is 97.5 Å². The number of anilines is 2. The lowest BCUT2D eigenvalue weighted by atomic mass is 10.0. The first-order valence-electron chi connectivity index (χ1n) is 15.4. The molecule has 0 radical (unpaired) electrons. The SMILES string of the molecule is CC(C)N(CCNc1nc(NC2CCN(Cc3ccccc3)CC2)nc2c1ncn2CCN1CCCC1=O)C(C)C. The maximum atomic E-state index is 12.2. The van der Waals surface area contributed by atoms with Crippen molar-refractivity contribution in [3.8, 4) is 0 Å². The molecule has 4 heterocycles. The molecule has 3 aromatic rings. The van der Waals surface area contributed by atoms with Crippen molar-refractivity contribution in [2.24, 2.45) is 0 Å². The highest BCUT2D eigenvalue weighted by Crippen LogP contribution is 2.24. The Kier molecular flexibility index (Phi) is 9.72. The summed E-state index contributed by atoms with van der Waals surface area (Å²) in [5.41, 5.74) is 2.95. The van der Waals surface area contributed by atoms with Crippen LogP contribution in [0.4, 0.5) is 11.8 Å². The highest BCUT2D eigenvalue weighted by Gasteiger charge is 2.23. The molecule has 0 spiro atoms. The molecular formula is C31H47N9O. The molecule has 41 heavy (non-hydrogen) atoms. The van der Waals surface area contributed by atoms with Gasteiger partial charge in [0, 0.05) is 76.9 Å². The Balaban J connectivity index is 1.28. The summed E-state index contributed by atoms with van der Waals surface area (Å²) in [4.78, 5) is 33.7. The number of hydrogen-bond acceptors (Lipinski definition) is 8. The van der Waals surface area contributed by atoms with Crippen molar-refractivity contribution in [2.75, 3.05) is 49.9 Å². The second-order valence-electron chi connectivity index (χ2n) is 12.0. The zero-order chi connectivity index (χ0) is 28.8. The van der Waals surface area contributed by atoms with Crippen molar-refractivity contribution in [2.45, 2.75) is 84.6 Å². The Bertz CT molecular complexity index is 1260. The van der Waals surface area contributed by atoms with E-state index >= 15 is 0 Å². The Morgan fingerprint density at radius 3 is 2.44 bits per heavy atom. The summed E-state index contributed by atoms with van der Waals surface area (Å²) >= 11 is 0. The zero-order valence-corrected chi connectivity index (χ0v) is 25.2. The van der Waals surface area contributed by atoms with Gasteiger partial charge in [0.05, 0.1) is 6.33 Å². The summed E-state index contributed by atoms with van der Waals surface area (Å²) in [5.74, 6) is 1.65. The van der Waals surface area contributed by atoms with E-state index in [9.17, 15) is 4.79 Å². The molecule has 0 atom stereocenters. The number of rotatable bonds is 13. The van der Waals surface area contributed by atoms with Gasteiger partial charge in [-0.25, -0.2) is 4.98 Å². The summed E-state index contributed by atoms with van der Waals surface area (Å²) in [7, 11) is 0. The number of imidazole rings is 1. The lowest BCUT2D eigenvalue weighted by Crippen LogP contribution is -2.40. The number of carbonyl (C=O) groups is 1. The Morgan fingerprint density at radius 1 is 1.00 bits per heavy atom. The molecule has 2 aromatic heterocycles. The standard InChI is InChI=1S/C31H47N9O/c1-23(2)40(24(3)4)18-14-32-29-28-30(39(22-33-28)20-19-38-15-8-11-27(38)41)36-31(35-29)34-26-12-16-37(17-13-26)21-25-9-6-5-7-10-25/h5-7,9-10,22-24,26H,8,11-21H2,1-4H3,(H2,32,34,35,36). The molecule has 2 saturated heterocycles. The van der Waals surface area contributed by atoms with Crippen LogP contribution in [0.2, 0.25) is 0 Å². The summed E-state index contributed by atoms with van der Waals surface area (Å²) < 4.78 is 2.07. The predicted molar refractivity (Wildman–Crippen MR) is 165 cm³/mol. The number of carbonyl (C=O) groups excluding carboxylic acids is 1. The fourth-order valence-electron chi connectivity index (χ4n) is 6.14. The van der Waals surface area contributed by atoms with E-state index in [4.69, 9.17) is 15.0 Å². The van der Waals surface area contributed by atoms with Crippen LogP contribution in [0, 0.1) is 0 Å². The van der Waals surface area contributed by atoms with Gasteiger partial charge in [-0.1, -0.05) is 30.3 Å². The smallest absolute Gasteiger partial charge is 0.227 e. The van der Waals surface area contributed by atoms with E-state index in [-0.39, 0.29) is 5.91 Å². The number of likely N-dealkylation sites (tertiary alicyclic amines) is 2. The number of benzene rings is 1. The van der Waals surface area contributed by atoms with E-state index in [0.717, 1.165) is 75.5 Å². The van der Waals surface area contributed by atoms with Crippen LogP contribution in [-0.2, 0) is 17.9 Å². The average molecular weight is 562 g/mol. The normalized spacial score (nSPS) is 17.0. The van der Waals surface area contributed by atoms with Gasteiger partial charge in [0.15, 0.2) is 17.0 Å². The van der Waals surface area contributed by atoms with Crippen LogP contribution >= 0.6 is 0 Å². The van der Waals surface area contributed by atoms with Crippen molar-refractivity contribution in [1.82, 2.24) is 34.2 Å². The van der Waals surface area contributed by atoms with E-state index in [1.165, 1.54) is 5.56 Å². The second kappa shape index (κ2) is 13.6. The van der Waals surface area contributed by atoms with Crippen LogP contribution in [0.25, 0.3) is 11.2 Å². The number of nitrogens with zero attached hydrogens (tertiary/aromatic N) is 7. The predicted octanol–water partition coefficient (Wildman–Crippen LogP) is 4.06. The van der Waals surface area contributed by atoms with Crippen molar-refractivity contribution >= 4 is 28.8 Å². The molecule has 2 aliphatic heterocycles. The fourth-order valence-corrected chi connectivity index (χ4v) is 6.14. The number of hydrogen-bond donors (Lipinski definition) is 2. The van der Waals surface area contributed by atoms with Crippen LogP contribution in [0.3, 0.4) is 0 Å². The van der Waals surface area contributed by atoms with Gasteiger partial charge in [0.2, 0.25) is 11.9 Å². The minimum absolute atomic E-state index is 0.243. The summed E-state index contributed by atoms with van der Waals surface area (Å²) in [5, 5.41) is 7.23. The van der Waals surface area contributed by atoms with Gasteiger partial charge in [-0.15, -0.1) is 0 Å². The van der Waals surface area contributed by atoms with Crippen molar-refractivity contribution in [3.05, 3.63) is 42.2 Å². The van der Waals surface area contributed by atoms with Crippen LogP contribution in [0.1, 0.15) is 58.9 Å². The highest BCUT2D eigenvalue weighted by molar-refractivity contribution is 5.84. The number of amides is 1. The van der Waals surface area contributed by atoms with Gasteiger partial charge in [0.1, 0.15) is 0 Å². The Labute approximate surface area is 244 Å². The van der Waals surface area contributed by atoms with E-state index in [1.807, 2.05) is 11.2 Å². The van der Waals surface area contributed by atoms with E-state index < -0.39 is 0 Å². The number of nitrogens with one attached hydrogen (secondary N) is 2. The third-order valence-corrected chi connectivity index (χ3v) is 8.40. The minimum Gasteiger partial charge on any atom is -0.367 e. The highest BCUT2D eigenvalue weighted by atomic mass is 16.2. The molecular weight excluding hydrogens is 514 g/mol. The number of aromatic nitrogens is 4. The lowest BCUT2D eigenvalue weighted by Gasteiger charge is -2.32. The molecule has 0 unspecified atom stereocenters. The van der Waals surface area contributed by atoms with Gasteiger partial charge in [-0.05, 0) is 52.5 Å². The first kappa shape index (κ1) is 29.3. The first-order valence-corrected chi connectivity index (χ1v) is 15.4. The molecule has 5 rings (SSSR count). The minimum atomic E-state index is 0.243. The maximum absolute atomic E-state index is 12.2. The summed E-state index contributed by atoms with van der Waals surface area (Å²) in [6, 6.07) is 12.0. The van der Waals surface area contributed by atoms with Gasteiger partial charge < -0.3 is 20.1 Å². The third-order valence-electron chi connectivity index (χ3n) is 8.40. The molecule has 10 nitrogen and oxygen atoms in total. The molecule has 0 saturated carbocycles. The van der Waals surface area contributed by atoms with E-state index in [2.05, 4.69) is 83.0 Å². The quantitative estimate of drug-likeness (QED) is 0.323. The molecule has 2 aliphatic rings. The molecule has 2 fully saturated rings. The zero-order valence-electron chi connectivity index (χ0n) is 25.2. The largest absolute Gasteiger partial charge is 0.367 e. The summed E-state index contributed by atoms with van der Waals surface area (Å²) in [6.45, 7) is 15.9. The topological polar surface area (TPSA) is 94.5 Å². The third kappa shape index (κ3) is 7.54. The van der Waals surface area contributed by atoms with E-state index in [1.54, 1.807) is 0 Å². The molecule has 1 aromatic carbocycles. The molecule has 0 aliphatic carbocycles. The molecule has 1 amide bonds. The molecule has 222 valence electrons. The average Bonchev–Trinajstić information content (AvgIpc) is 3.56. The van der Waals surface area contributed by atoms with Crippen molar-refractivity contribution in [1.29, 1.82) is 0 Å². The maximum Gasteiger partial charge on any atom is 0.227 e. The van der Waals surface area contributed by atoms with Gasteiger partial charge in [-0.3, -0.25) is 14.6 Å². The molecule has 0 bridgehead atoms. The van der Waals surface area contributed by atoms with Crippen LogP contribution in [0.15, 0.2) is 36.7 Å². The fraction of sp³-hybridized carbons (Fsp3) is 0.613. The monoisotopic (exact) mass is 561 g/mol. The lowest BCUT2D eigenvalue weighted by molar-refractivity contribution is -0.127. The van der Waals surface area contributed by atoms with Crippen molar-refractivity contribution < 1.29 is 4.79 Å². The number of piperidine rings is 1. The Morgan fingerprint density at radius 2 is 1.76 bits per heavy atom. The molecule has 2 N–H and O–H groups in total. The van der Waals surface area contributed by atoms with Crippen LogP contribution < -0.4 is 10.6 Å². The summed E-state index contributed by atoms with van der Waals surface area (Å²) in [6.07, 6.45) is 5.53. The van der Waals surface area contributed by atoms with E-state index in [0.29, 0.717) is 43.6 Å². The van der Waals surface area contributed by atoms with Gasteiger partial charge in [0.25, 0.3) is 0 Å².